The molecular formula is C12H19NO2. The highest BCUT2D eigenvalue weighted by molar-refractivity contribution is 5.67. The van der Waals surface area contributed by atoms with Crippen LogP contribution >= 0.6 is 0 Å². The first kappa shape index (κ1) is 11.7. The molecule has 2 N–H and O–H groups in total. The molecule has 0 aliphatic carbocycles. The van der Waals surface area contributed by atoms with Crippen LogP contribution in [0.2, 0.25) is 0 Å². The van der Waals surface area contributed by atoms with Crippen LogP contribution < -0.4 is 15.2 Å². The van der Waals surface area contributed by atoms with Crippen molar-refractivity contribution >= 4 is 5.69 Å². The first-order chi connectivity index (χ1) is 7.20. The fraction of sp³-hybridized carbons (Fsp3) is 0.500. The van der Waals surface area contributed by atoms with Crippen molar-refractivity contribution < 1.29 is 9.47 Å². The molecule has 0 unspecified atom stereocenters. The van der Waals surface area contributed by atoms with Gasteiger partial charge in [0.05, 0.1) is 5.69 Å². The van der Waals surface area contributed by atoms with Crippen molar-refractivity contribution in [1.82, 2.24) is 0 Å². The van der Waals surface area contributed by atoms with Gasteiger partial charge in [-0.1, -0.05) is 19.9 Å². The summed E-state index contributed by atoms with van der Waals surface area (Å²) < 4.78 is 11.0. The molecule has 84 valence electrons. The number of nitrogens with two attached hydrogens (primary N) is 1. The van der Waals surface area contributed by atoms with E-state index in [1.54, 1.807) is 0 Å². The predicted molar refractivity (Wildman–Crippen MR) is 62.7 cm³/mol. The summed E-state index contributed by atoms with van der Waals surface area (Å²) in [5.41, 5.74) is 8.69. The van der Waals surface area contributed by atoms with Crippen LogP contribution in [0.1, 0.15) is 25.0 Å². The van der Waals surface area contributed by atoms with Gasteiger partial charge >= 0.3 is 0 Å². The molecule has 0 spiro atoms. The molecule has 1 aliphatic heterocycles. The Morgan fingerprint density at radius 3 is 2.13 bits per heavy atom. The molecule has 0 amide bonds. The van der Waals surface area contributed by atoms with Gasteiger partial charge in [0, 0.05) is 0 Å². The predicted octanol–water partition coefficient (Wildman–Crippen LogP) is 2.68. The van der Waals surface area contributed by atoms with E-state index in [2.05, 4.69) is 0 Å². The molecule has 0 bridgehead atoms. The van der Waals surface area contributed by atoms with Gasteiger partial charge in [0.2, 0.25) is 0 Å². The Balaban J connectivity index is 0.000000531. The molecule has 1 aromatic carbocycles. The molecule has 15 heavy (non-hydrogen) atoms. The minimum atomic E-state index is 0.583. The van der Waals surface area contributed by atoms with Crippen LogP contribution in [0.4, 0.5) is 5.69 Å². The van der Waals surface area contributed by atoms with Crippen molar-refractivity contribution in [3.05, 3.63) is 17.2 Å². The quantitative estimate of drug-likeness (QED) is 0.668. The lowest BCUT2D eigenvalue weighted by Crippen LogP contribution is -2.17. The van der Waals surface area contributed by atoms with Gasteiger partial charge in [-0.15, -0.1) is 0 Å². The van der Waals surface area contributed by atoms with Crippen molar-refractivity contribution in [2.75, 3.05) is 18.9 Å². The molecular weight excluding hydrogens is 190 g/mol. The summed E-state index contributed by atoms with van der Waals surface area (Å²) in [6.45, 7) is 9.16. The maximum Gasteiger partial charge on any atom is 0.184 e. The van der Waals surface area contributed by atoms with Crippen molar-refractivity contribution in [1.29, 1.82) is 0 Å². The van der Waals surface area contributed by atoms with Gasteiger partial charge in [0.1, 0.15) is 13.2 Å². The number of nitrogen functional groups attached to an aromatic ring is 1. The molecule has 0 radical (unpaired) electrons. The molecule has 0 aromatic heterocycles. The zero-order valence-electron chi connectivity index (χ0n) is 9.89. The molecule has 1 aliphatic rings. The molecule has 0 saturated heterocycles. The number of rotatable bonds is 0. The van der Waals surface area contributed by atoms with E-state index in [0.29, 0.717) is 24.7 Å². The van der Waals surface area contributed by atoms with Crippen LogP contribution in [-0.2, 0) is 0 Å². The molecule has 1 heterocycles. The third kappa shape index (κ3) is 2.17. The van der Waals surface area contributed by atoms with Crippen LogP contribution in [-0.4, -0.2) is 13.2 Å². The topological polar surface area (TPSA) is 44.5 Å². The molecule has 1 aromatic rings. The summed E-state index contributed by atoms with van der Waals surface area (Å²) in [4.78, 5) is 0. The van der Waals surface area contributed by atoms with Crippen LogP contribution in [0.25, 0.3) is 0 Å². The average molecular weight is 209 g/mol. The van der Waals surface area contributed by atoms with E-state index in [1.807, 2.05) is 33.8 Å². The van der Waals surface area contributed by atoms with Gasteiger partial charge in [0.25, 0.3) is 0 Å². The Hall–Kier alpha value is -1.38. The Morgan fingerprint density at radius 2 is 1.53 bits per heavy atom. The Labute approximate surface area is 91.2 Å². The molecule has 0 atom stereocenters. The lowest BCUT2D eigenvalue weighted by Gasteiger charge is -2.22. The van der Waals surface area contributed by atoms with Crippen molar-refractivity contribution in [2.45, 2.75) is 27.7 Å². The van der Waals surface area contributed by atoms with Crippen LogP contribution in [0.5, 0.6) is 11.5 Å². The minimum absolute atomic E-state index is 0.583. The van der Waals surface area contributed by atoms with E-state index in [0.717, 1.165) is 16.9 Å². The van der Waals surface area contributed by atoms with E-state index in [4.69, 9.17) is 15.2 Å². The fourth-order valence-electron chi connectivity index (χ4n) is 1.56. The molecule has 2 rings (SSSR count). The van der Waals surface area contributed by atoms with Crippen LogP contribution in [0.3, 0.4) is 0 Å². The van der Waals surface area contributed by atoms with Gasteiger partial charge in [-0.25, -0.2) is 0 Å². The van der Waals surface area contributed by atoms with E-state index in [-0.39, 0.29) is 0 Å². The highest BCUT2D eigenvalue weighted by Crippen LogP contribution is 2.40. The van der Waals surface area contributed by atoms with E-state index >= 15 is 0 Å². The molecule has 0 saturated carbocycles. The molecule has 0 fully saturated rings. The Bertz CT molecular complexity index is 348. The van der Waals surface area contributed by atoms with Crippen LogP contribution in [0.15, 0.2) is 6.07 Å². The Morgan fingerprint density at radius 1 is 1.00 bits per heavy atom. The summed E-state index contributed by atoms with van der Waals surface area (Å²) in [7, 11) is 0. The normalized spacial score (nSPS) is 12.8. The first-order valence-corrected chi connectivity index (χ1v) is 5.35. The lowest BCUT2D eigenvalue weighted by atomic mass is 10.1. The van der Waals surface area contributed by atoms with Gasteiger partial charge in [-0.05, 0) is 25.0 Å². The highest BCUT2D eigenvalue weighted by atomic mass is 16.6. The second-order valence-corrected chi connectivity index (χ2v) is 3.28. The van der Waals surface area contributed by atoms with E-state index in [9.17, 15) is 0 Å². The first-order valence-electron chi connectivity index (χ1n) is 5.35. The summed E-state index contributed by atoms with van der Waals surface area (Å²) in [6, 6.07) is 2.02. The van der Waals surface area contributed by atoms with Crippen LogP contribution in [0, 0.1) is 13.8 Å². The minimum Gasteiger partial charge on any atom is -0.486 e. The van der Waals surface area contributed by atoms with E-state index < -0.39 is 0 Å². The zero-order chi connectivity index (χ0) is 11.4. The maximum atomic E-state index is 5.87. The number of hydrogen-bond acceptors (Lipinski definition) is 3. The van der Waals surface area contributed by atoms with E-state index in [1.165, 1.54) is 0 Å². The monoisotopic (exact) mass is 209 g/mol. The third-order valence-electron chi connectivity index (χ3n) is 2.24. The smallest absolute Gasteiger partial charge is 0.184 e. The van der Waals surface area contributed by atoms with Crippen molar-refractivity contribution in [3.8, 4) is 11.5 Å². The zero-order valence-corrected chi connectivity index (χ0v) is 9.89. The van der Waals surface area contributed by atoms with Gasteiger partial charge < -0.3 is 15.2 Å². The maximum absolute atomic E-state index is 5.87. The van der Waals surface area contributed by atoms with Gasteiger partial charge in [-0.3, -0.25) is 0 Å². The second-order valence-electron chi connectivity index (χ2n) is 3.28. The number of anilines is 1. The number of aryl methyl sites for hydroxylation is 2. The largest absolute Gasteiger partial charge is 0.486 e. The molecule has 3 heteroatoms. The van der Waals surface area contributed by atoms with Gasteiger partial charge in [-0.2, -0.15) is 0 Å². The fourth-order valence-corrected chi connectivity index (χ4v) is 1.56. The standard InChI is InChI=1S/C10H13NO2.C2H6/c1-6-5-7(2)9-10(8(6)11)13-4-3-12-9;1-2/h5H,3-4,11H2,1-2H3;1-2H3. The van der Waals surface area contributed by atoms with Gasteiger partial charge in [0.15, 0.2) is 11.5 Å². The second kappa shape index (κ2) is 4.91. The molecule has 3 nitrogen and oxygen atoms in total. The average Bonchev–Trinajstić information content (AvgIpc) is 2.29. The van der Waals surface area contributed by atoms with Crippen molar-refractivity contribution in [2.24, 2.45) is 0 Å². The summed E-state index contributed by atoms with van der Waals surface area (Å²) >= 11 is 0. The highest BCUT2D eigenvalue weighted by Gasteiger charge is 2.18. The summed E-state index contributed by atoms with van der Waals surface area (Å²) in [5.74, 6) is 1.51. The number of hydrogen-bond donors (Lipinski definition) is 1. The SMILES string of the molecule is CC.Cc1cc(C)c2c(c1N)OCCO2. The lowest BCUT2D eigenvalue weighted by molar-refractivity contribution is 0.171. The number of fused-ring (bicyclic) bond motifs is 1. The third-order valence-corrected chi connectivity index (χ3v) is 2.24. The van der Waals surface area contributed by atoms with Crippen molar-refractivity contribution in [3.63, 3.8) is 0 Å². The summed E-state index contributed by atoms with van der Waals surface area (Å²) in [5, 5.41) is 0. The number of benzene rings is 1. The summed E-state index contributed by atoms with van der Waals surface area (Å²) in [6.07, 6.45) is 0. The Kier molecular flexibility index (Phi) is 3.83. The number of ether oxygens (including phenoxy) is 2.